The van der Waals surface area contributed by atoms with Crippen molar-refractivity contribution in [1.82, 2.24) is 19.9 Å². The number of rotatable bonds is 9. The summed E-state index contributed by atoms with van der Waals surface area (Å²) in [4.78, 5) is 12.0. The van der Waals surface area contributed by atoms with Gasteiger partial charge in [-0.2, -0.15) is 0 Å². The summed E-state index contributed by atoms with van der Waals surface area (Å²) in [6, 6.07) is 5.99. The van der Waals surface area contributed by atoms with E-state index in [4.69, 9.17) is 0 Å². The molecular formula is C16H24N4OS. The van der Waals surface area contributed by atoms with Crippen molar-refractivity contribution >= 4 is 23.3 Å². The SMILES string of the molecule is CCCCCCC(C)NC(=O)CSc1nnc2ccccn12. The van der Waals surface area contributed by atoms with Crippen LogP contribution in [0.1, 0.15) is 46.0 Å². The van der Waals surface area contributed by atoms with Gasteiger partial charge in [0.05, 0.1) is 5.75 Å². The molecule has 5 nitrogen and oxygen atoms in total. The van der Waals surface area contributed by atoms with Crippen LogP contribution in [-0.2, 0) is 4.79 Å². The maximum Gasteiger partial charge on any atom is 0.230 e. The summed E-state index contributed by atoms with van der Waals surface area (Å²) in [5.74, 6) is 0.426. The second-order valence-corrected chi connectivity index (χ2v) is 6.46. The van der Waals surface area contributed by atoms with Crippen LogP contribution >= 0.6 is 11.8 Å². The zero-order valence-corrected chi connectivity index (χ0v) is 14.1. The zero-order chi connectivity index (χ0) is 15.8. The number of nitrogens with one attached hydrogen (secondary N) is 1. The fourth-order valence-corrected chi connectivity index (χ4v) is 3.05. The minimum atomic E-state index is 0.0562. The Kier molecular flexibility index (Phi) is 6.71. The Morgan fingerprint density at radius 2 is 2.18 bits per heavy atom. The Balaban J connectivity index is 1.73. The fraction of sp³-hybridized carbons (Fsp3) is 0.562. The molecule has 0 saturated heterocycles. The van der Waals surface area contributed by atoms with Crippen molar-refractivity contribution in [2.45, 2.75) is 57.1 Å². The van der Waals surface area contributed by atoms with E-state index in [-0.39, 0.29) is 11.9 Å². The van der Waals surface area contributed by atoms with Crippen molar-refractivity contribution in [2.24, 2.45) is 0 Å². The van der Waals surface area contributed by atoms with Gasteiger partial charge in [-0.25, -0.2) is 0 Å². The number of fused-ring (bicyclic) bond motifs is 1. The molecule has 1 atom stereocenters. The standard InChI is InChI=1S/C16H24N4OS/c1-3-4-5-6-9-13(2)17-15(21)12-22-16-19-18-14-10-7-8-11-20(14)16/h7-8,10-11,13H,3-6,9,12H2,1-2H3,(H,17,21). The van der Waals surface area contributed by atoms with Gasteiger partial charge >= 0.3 is 0 Å². The lowest BCUT2D eigenvalue weighted by Crippen LogP contribution is -2.33. The van der Waals surface area contributed by atoms with Crippen LogP contribution in [0, 0.1) is 0 Å². The Labute approximate surface area is 135 Å². The minimum absolute atomic E-state index is 0.0562. The van der Waals surface area contributed by atoms with Gasteiger partial charge in [-0.3, -0.25) is 9.20 Å². The molecule has 120 valence electrons. The summed E-state index contributed by atoms with van der Waals surface area (Å²) in [7, 11) is 0. The lowest BCUT2D eigenvalue weighted by Gasteiger charge is -2.13. The number of hydrogen-bond acceptors (Lipinski definition) is 4. The minimum Gasteiger partial charge on any atom is -0.353 e. The maximum absolute atomic E-state index is 12.0. The molecule has 0 aliphatic carbocycles. The largest absolute Gasteiger partial charge is 0.353 e. The van der Waals surface area contributed by atoms with E-state index in [1.807, 2.05) is 28.8 Å². The molecule has 2 aromatic heterocycles. The molecule has 0 fully saturated rings. The van der Waals surface area contributed by atoms with Crippen LogP contribution in [-0.4, -0.2) is 32.3 Å². The number of carbonyl (C=O) groups is 1. The van der Waals surface area contributed by atoms with Crippen molar-refractivity contribution in [1.29, 1.82) is 0 Å². The predicted octanol–water partition coefficient (Wildman–Crippen LogP) is 3.30. The summed E-state index contributed by atoms with van der Waals surface area (Å²) < 4.78 is 1.89. The number of hydrogen-bond donors (Lipinski definition) is 1. The van der Waals surface area contributed by atoms with Gasteiger partial charge in [-0.05, 0) is 25.5 Å². The van der Waals surface area contributed by atoms with E-state index >= 15 is 0 Å². The van der Waals surface area contributed by atoms with Gasteiger partial charge in [0, 0.05) is 12.2 Å². The summed E-state index contributed by atoms with van der Waals surface area (Å²) in [6.45, 7) is 4.28. The molecule has 2 heterocycles. The quantitative estimate of drug-likeness (QED) is 0.569. The zero-order valence-electron chi connectivity index (χ0n) is 13.3. The highest BCUT2D eigenvalue weighted by Gasteiger charge is 2.10. The summed E-state index contributed by atoms with van der Waals surface area (Å²) in [5, 5.41) is 12.0. The Bertz CT molecular complexity index is 599. The van der Waals surface area contributed by atoms with Gasteiger partial charge in [0.2, 0.25) is 5.91 Å². The third kappa shape index (κ3) is 5.02. The van der Waals surface area contributed by atoms with Gasteiger partial charge in [0.1, 0.15) is 0 Å². The highest BCUT2D eigenvalue weighted by atomic mass is 32.2. The summed E-state index contributed by atoms with van der Waals surface area (Å²) in [6.07, 6.45) is 7.89. The van der Waals surface area contributed by atoms with Crippen molar-refractivity contribution in [3.8, 4) is 0 Å². The molecule has 0 saturated carbocycles. The normalized spacial score (nSPS) is 12.5. The number of aromatic nitrogens is 3. The van der Waals surface area contributed by atoms with Gasteiger partial charge in [-0.15, -0.1) is 10.2 Å². The van der Waals surface area contributed by atoms with Crippen LogP contribution in [0.3, 0.4) is 0 Å². The number of amides is 1. The molecule has 22 heavy (non-hydrogen) atoms. The Morgan fingerprint density at radius 3 is 3.00 bits per heavy atom. The first-order valence-corrected chi connectivity index (χ1v) is 8.91. The van der Waals surface area contributed by atoms with Gasteiger partial charge in [0.25, 0.3) is 0 Å². The van der Waals surface area contributed by atoms with Crippen LogP contribution in [0.4, 0.5) is 0 Å². The lowest BCUT2D eigenvalue weighted by molar-refractivity contribution is -0.119. The molecule has 1 unspecified atom stereocenters. The Hall–Kier alpha value is -1.56. The molecule has 0 aliphatic heterocycles. The molecule has 1 amide bonds. The molecule has 2 rings (SSSR count). The fourth-order valence-electron chi connectivity index (χ4n) is 2.31. The lowest BCUT2D eigenvalue weighted by atomic mass is 10.1. The van der Waals surface area contributed by atoms with Crippen LogP contribution in [0.25, 0.3) is 5.65 Å². The molecule has 1 N–H and O–H groups in total. The molecule has 2 aromatic rings. The molecule has 6 heteroatoms. The van der Waals surface area contributed by atoms with Crippen LogP contribution < -0.4 is 5.32 Å². The van der Waals surface area contributed by atoms with Gasteiger partial charge in [0.15, 0.2) is 10.8 Å². The molecule has 0 radical (unpaired) electrons. The van der Waals surface area contributed by atoms with E-state index in [9.17, 15) is 4.79 Å². The van der Waals surface area contributed by atoms with E-state index in [1.165, 1.54) is 37.4 Å². The molecule has 0 bridgehead atoms. The third-order valence-corrected chi connectivity index (χ3v) is 4.46. The molecular weight excluding hydrogens is 296 g/mol. The van der Waals surface area contributed by atoms with Crippen LogP contribution in [0.5, 0.6) is 0 Å². The highest BCUT2D eigenvalue weighted by Crippen LogP contribution is 2.16. The van der Waals surface area contributed by atoms with E-state index < -0.39 is 0 Å². The van der Waals surface area contributed by atoms with E-state index in [0.29, 0.717) is 5.75 Å². The van der Waals surface area contributed by atoms with Crippen molar-refractivity contribution < 1.29 is 4.79 Å². The summed E-state index contributed by atoms with van der Waals surface area (Å²) >= 11 is 1.42. The van der Waals surface area contributed by atoms with Crippen LogP contribution in [0.15, 0.2) is 29.6 Å². The molecule has 0 aromatic carbocycles. The number of thioether (sulfide) groups is 1. The first-order chi connectivity index (χ1) is 10.7. The third-order valence-electron chi connectivity index (χ3n) is 3.51. The number of pyridine rings is 1. The van der Waals surface area contributed by atoms with Crippen molar-refractivity contribution in [3.05, 3.63) is 24.4 Å². The number of nitrogens with zero attached hydrogens (tertiary/aromatic N) is 3. The Morgan fingerprint density at radius 1 is 1.32 bits per heavy atom. The highest BCUT2D eigenvalue weighted by molar-refractivity contribution is 7.99. The topological polar surface area (TPSA) is 59.3 Å². The smallest absolute Gasteiger partial charge is 0.230 e. The van der Waals surface area contributed by atoms with Crippen molar-refractivity contribution in [3.63, 3.8) is 0 Å². The average Bonchev–Trinajstić information content (AvgIpc) is 2.93. The first kappa shape index (κ1) is 16.8. The predicted molar refractivity (Wildman–Crippen MR) is 90.1 cm³/mol. The molecule has 0 spiro atoms. The number of carbonyl (C=O) groups excluding carboxylic acids is 1. The van der Waals surface area contributed by atoms with Gasteiger partial charge in [-0.1, -0.05) is 50.4 Å². The van der Waals surface area contributed by atoms with E-state index in [2.05, 4.69) is 29.4 Å². The van der Waals surface area contributed by atoms with E-state index in [0.717, 1.165) is 17.2 Å². The molecule has 0 aliphatic rings. The average molecular weight is 320 g/mol. The number of unbranched alkanes of at least 4 members (excludes halogenated alkanes) is 3. The van der Waals surface area contributed by atoms with E-state index in [1.54, 1.807) is 0 Å². The van der Waals surface area contributed by atoms with Gasteiger partial charge < -0.3 is 5.32 Å². The summed E-state index contributed by atoms with van der Waals surface area (Å²) in [5.41, 5.74) is 0.801. The second kappa shape index (κ2) is 8.78. The first-order valence-electron chi connectivity index (χ1n) is 7.92. The monoisotopic (exact) mass is 320 g/mol. The maximum atomic E-state index is 12.0. The second-order valence-electron chi connectivity index (χ2n) is 5.52. The van der Waals surface area contributed by atoms with Crippen LogP contribution in [0.2, 0.25) is 0 Å². The van der Waals surface area contributed by atoms with Crippen molar-refractivity contribution in [2.75, 3.05) is 5.75 Å².